The fraction of sp³-hybridized carbons (Fsp3) is 0.0345. The van der Waals surface area contributed by atoms with Gasteiger partial charge in [-0.05, 0) is 61.0 Å². The molecule has 0 aliphatic rings. The van der Waals surface area contributed by atoms with Gasteiger partial charge in [-0.1, -0.05) is 110 Å². The summed E-state index contributed by atoms with van der Waals surface area (Å²) in [6, 6.07) is 30.6. The van der Waals surface area contributed by atoms with Gasteiger partial charge in [0.15, 0.2) is 0 Å². The molecule has 29 heavy (non-hydrogen) atoms. The second-order valence-electron chi connectivity index (χ2n) is 7.47. The summed E-state index contributed by atoms with van der Waals surface area (Å²) in [6.07, 6.45) is 4.75. The maximum Gasteiger partial charge on any atom is -0.00130 e. The Hall–Kier alpha value is -3.64. The summed E-state index contributed by atoms with van der Waals surface area (Å²) >= 11 is 0. The molecule has 0 saturated carbocycles. The van der Waals surface area contributed by atoms with Crippen molar-refractivity contribution in [3.63, 3.8) is 0 Å². The Morgan fingerprint density at radius 2 is 1.10 bits per heavy atom. The monoisotopic (exact) mass is 370 g/mol. The summed E-state index contributed by atoms with van der Waals surface area (Å²) in [4.78, 5) is 0. The fourth-order valence-corrected chi connectivity index (χ4v) is 4.52. The lowest BCUT2D eigenvalue weighted by molar-refractivity contribution is 1.24. The zero-order valence-corrected chi connectivity index (χ0v) is 16.4. The highest BCUT2D eigenvalue weighted by molar-refractivity contribution is 6.09. The van der Waals surface area contributed by atoms with Gasteiger partial charge in [0.05, 0.1) is 0 Å². The van der Waals surface area contributed by atoms with E-state index in [-0.39, 0.29) is 0 Å². The van der Waals surface area contributed by atoms with Crippen molar-refractivity contribution in [1.29, 1.82) is 0 Å². The molecule has 0 fully saturated rings. The molecule has 0 bridgehead atoms. The third-order valence-corrected chi connectivity index (χ3v) is 5.86. The minimum absolute atomic E-state index is 0.879. The first-order chi connectivity index (χ1) is 14.3. The van der Waals surface area contributed by atoms with E-state index < -0.39 is 0 Å². The summed E-state index contributed by atoms with van der Waals surface area (Å²) < 4.78 is 0. The number of rotatable bonds is 4. The quantitative estimate of drug-likeness (QED) is 0.281. The van der Waals surface area contributed by atoms with Gasteiger partial charge in [0, 0.05) is 0 Å². The molecular formula is C29H22. The van der Waals surface area contributed by atoms with Crippen molar-refractivity contribution in [2.75, 3.05) is 0 Å². The van der Waals surface area contributed by atoms with E-state index in [1.54, 1.807) is 0 Å². The molecule has 0 atom stereocenters. The predicted octanol–water partition coefficient (Wildman–Crippen LogP) is 8.02. The largest absolute Gasteiger partial charge is 0.0984 e. The van der Waals surface area contributed by atoms with Crippen LogP contribution in [0.2, 0.25) is 0 Å². The first-order valence-corrected chi connectivity index (χ1v) is 9.99. The summed E-state index contributed by atoms with van der Waals surface area (Å²) in [5.41, 5.74) is 4.97. The van der Waals surface area contributed by atoms with Gasteiger partial charge >= 0.3 is 0 Å². The molecule has 0 aromatic heterocycles. The first-order valence-electron chi connectivity index (χ1n) is 9.99. The number of fused-ring (bicyclic) bond motifs is 4. The van der Waals surface area contributed by atoms with E-state index in [0.29, 0.717) is 0 Å². The standard InChI is InChI=1S/C29H22/c1-3-20-17-22(26-13-7-9-15-28(26)24(20)4-2)19-23-18-21-11-5-6-12-25(21)29-16-10-8-14-27(23)29/h3-18H,1-2,19H2. The third-order valence-electron chi connectivity index (χ3n) is 5.86. The van der Waals surface area contributed by atoms with E-state index in [4.69, 9.17) is 0 Å². The van der Waals surface area contributed by atoms with Crippen molar-refractivity contribution in [2.24, 2.45) is 0 Å². The third kappa shape index (κ3) is 2.85. The average molecular weight is 370 g/mol. The van der Waals surface area contributed by atoms with E-state index in [1.807, 2.05) is 12.2 Å². The molecule has 0 amide bonds. The molecule has 0 aliphatic heterocycles. The zero-order chi connectivity index (χ0) is 19.8. The highest BCUT2D eigenvalue weighted by atomic mass is 14.2. The van der Waals surface area contributed by atoms with Crippen LogP contribution in [0.4, 0.5) is 0 Å². The van der Waals surface area contributed by atoms with E-state index in [9.17, 15) is 0 Å². The van der Waals surface area contributed by atoms with Crippen LogP contribution in [0.15, 0.2) is 98.1 Å². The maximum atomic E-state index is 4.04. The molecular weight excluding hydrogens is 348 g/mol. The van der Waals surface area contributed by atoms with E-state index in [0.717, 1.165) is 17.5 Å². The van der Waals surface area contributed by atoms with Crippen LogP contribution in [-0.2, 0) is 6.42 Å². The molecule has 0 heteroatoms. The van der Waals surface area contributed by atoms with Gasteiger partial charge in [0.2, 0.25) is 0 Å². The molecule has 5 rings (SSSR count). The normalized spacial score (nSPS) is 11.2. The topological polar surface area (TPSA) is 0 Å². The molecule has 5 aromatic rings. The van der Waals surface area contributed by atoms with Crippen LogP contribution in [0.25, 0.3) is 44.5 Å². The molecule has 138 valence electrons. The Kier molecular flexibility index (Phi) is 4.26. The molecule has 5 aromatic carbocycles. The Morgan fingerprint density at radius 1 is 0.552 bits per heavy atom. The van der Waals surface area contributed by atoms with Crippen LogP contribution in [0.3, 0.4) is 0 Å². The summed E-state index contributed by atoms with van der Waals surface area (Å²) in [5, 5.41) is 7.76. The van der Waals surface area contributed by atoms with Crippen molar-refractivity contribution in [2.45, 2.75) is 6.42 Å². The van der Waals surface area contributed by atoms with E-state index in [2.05, 4.69) is 98.1 Å². The van der Waals surface area contributed by atoms with Crippen molar-refractivity contribution in [1.82, 2.24) is 0 Å². The lowest BCUT2D eigenvalue weighted by Crippen LogP contribution is -1.96. The molecule has 0 spiro atoms. The summed E-state index contributed by atoms with van der Waals surface area (Å²) in [5.74, 6) is 0. The van der Waals surface area contributed by atoms with Gasteiger partial charge in [-0.15, -0.1) is 0 Å². The van der Waals surface area contributed by atoms with Gasteiger partial charge in [-0.2, -0.15) is 0 Å². The second-order valence-corrected chi connectivity index (χ2v) is 7.47. The van der Waals surface area contributed by atoms with Gasteiger partial charge in [-0.3, -0.25) is 0 Å². The fourth-order valence-electron chi connectivity index (χ4n) is 4.52. The smallest absolute Gasteiger partial charge is 0.00130 e. The van der Waals surface area contributed by atoms with Crippen LogP contribution in [-0.4, -0.2) is 0 Å². The summed E-state index contributed by atoms with van der Waals surface area (Å²) in [6.45, 7) is 8.07. The highest BCUT2D eigenvalue weighted by Crippen LogP contribution is 2.33. The van der Waals surface area contributed by atoms with Crippen molar-refractivity contribution >= 4 is 44.5 Å². The minimum Gasteiger partial charge on any atom is -0.0984 e. The summed E-state index contributed by atoms with van der Waals surface area (Å²) in [7, 11) is 0. The SMILES string of the molecule is C=Cc1cc(Cc2cc3ccccc3c3ccccc23)c2ccccc2c1C=C. The zero-order valence-electron chi connectivity index (χ0n) is 16.4. The highest BCUT2D eigenvalue weighted by Gasteiger charge is 2.12. The van der Waals surface area contributed by atoms with Gasteiger partial charge in [0.1, 0.15) is 0 Å². The van der Waals surface area contributed by atoms with E-state index >= 15 is 0 Å². The van der Waals surface area contributed by atoms with Crippen molar-refractivity contribution < 1.29 is 0 Å². The maximum absolute atomic E-state index is 4.04. The molecule has 0 N–H and O–H groups in total. The van der Waals surface area contributed by atoms with Crippen LogP contribution in [0.5, 0.6) is 0 Å². The Bertz CT molecular complexity index is 1400. The lowest BCUT2D eigenvalue weighted by Gasteiger charge is -2.15. The van der Waals surface area contributed by atoms with Crippen molar-refractivity contribution in [3.05, 3.63) is 120 Å². The number of benzene rings is 5. The van der Waals surface area contributed by atoms with Crippen LogP contribution in [0.1, 0.15) is 22.3 Å². The molecule has 0 radical (unpaired) electrons. The Balaban J connectivity index is 1.79. The second kappa shape index (κ2) is 7.07. The van der Waals surface area contributed by atoms with Crippen LogP contribution < -0.4 is 0 Å². The van der Waals surface area contributed by atoms with Crippen molar-refractivity contribution in [3.8, 4) is 0 Å². The Labute approximate surface area is 171 Å². The lowest BCUT2D eigenvalue weighted by atomic mass is 9.89. The van der Waals surface area contributed by atoms with E-state index in [1.165, 1.54) is 43.4 Å². The molecule has 0 heterocycles. The van der Waals surface area contributed by atoms with Gasteiger partial charge < -0.3 is 0 Å². The molecule has 0 unspecified atom stereocenters. The first kappa shape index (κ1) is 17.5. The Morgan fingerprint density at radius 3 is 1.79 bits per heavy atom. The average Bonchev–Trinajstić information content (AvgIpc) is 2.79. The molecule has 0 aliphatic carbocycles. The predicted molar refractivity (Wildman–Crippen MR) is 128 cm³/mol. The van der Waals surface area contributed by atoms with Crippen LogP contribution in [0, 0.1) is 0 Å². The number of hydrogen-bond acceptors (Lipinski definition) is 0. The minimum atomic E-state index is 0.879. The van der Waals surface area contributed by atoms with Gasteiger partial charge in [0.25, 0.3) is 0 Å². The molecule has 0 nitrogen and oxygen atoms in total. The molecule has 0 saturated heterocycles. The van der Waals surface area contributed by atoms with Gasteiger partial charge in [-0.25, -0.2) is 0 Å². The number of hydrogen-bond donors (Lipinski definition) is 0. The van der Waals surface area contributed by atoms with Crippen LogP contribution >= 0.6 is 0 Å².